The molecule has 3 rings (SSSR count). The number of nitriles is 1. The lowest BCUT2D eigenvalue weighted by atomic mass is 9.96. The number of halogens is 7. The molecule has 0 aliphatic carbocycles. The lowest BCUT2D eigenvalue weighted by molar-refractivity contribution is -0.141. The fourth-order valence-electron chi connectivity index (χ4n) is 4.31. The van der Waals surface area contributed by atoms with Crippen molar-refractivity contribution in [3.05, 3.63) is 46.3 Å². The van der Waals surface area contributed by atoms with Crippen LogP contribution in [0.15, 0.2) is 40.5 Å². The minimum atomic E-state index is -5.08. The highest BCUT2D eigenvalue weighted by Gasteiger charge is 2.38. The van der Waals surface area contributed by atoms with Crippen LogP contribution in [0.2, 0.25) is 5.02 Å². The first-order valence-corrected chi connectivity index (χ1v) is 13.2. The van der Waals surface area contributed by atoms with Crippen molar-refractivity contribution in [2.24, 2.45) is 16.1 Å². The van der Waals surface area contributed by atoms with Crippen molar-refractivity contribution in [1.29, 1.82) is 5.26 Å². The number of benzene rings is 1. The summed E-state index contributed by atoms with van der Waals surface area (Å²) in [5, 5.41) is 15.0. The molecule has 4 N–H and O–H groups in total. The second-order valence-electron chi connectivity index (χ2n) is 10.7. The summed E-state index contributed by atoms with van der Waals surface area (Å²) in [5.41, 5.74) is 0.363. The number of fused-ring (bicyclic) bond motifs is 1. The summed E-state index contributed by atoms with van der Waals surface area (Å²) in [4.78, 5) is 34.1. The molecule has 43 heavy (non-hydrogen) atoms. The number of aromatic nitrogens is 1. The number of carbonyl (C=O) groups excluding carboxylic acids is 2. The molecule has 2 amide bonds. The van der Waals surface area contributed by atoms with Crippen LogP contribution in [0, 0.1) is 16.7 Å². The number of nitrogens with one attached hydrogen (secondary N) is 2. The van der Waals surface area contributed by atoms with Crippen LogP contribution in [-0.4, -0.2) is 65.8 Å². The van der Waals surface area contributed by atoms with E-state index in [1.54, 1.807) is 0 Å². The Balaban J connectivity index is 1.93. The van der Waals surface area contributed by atoms with Gasteiger partial charge in [-0.05, 0) is 44.5 Å². The predicted molar refractivity (Wildman–Crippen MR) is 148 cm³/mol. The van der Waals surface area contributed by atoms with Crippen molar-refractivity contribution in [3.8, 4) is 6.07 Å². The van der Waals surface area contributed by atoms with Crippen molar-refractivity contribution in [2.45, 2.75) is 51.6 Å². The molecule has 1 aromatic carbocycles. The van der Waals surface area contributed by atoms with Crippen molar-refractivity contribution in [3.63, 3.8) is 0 Å². The highest BCUT2D eigenvalue weighted by Crippen LogP contribution is 2.35. The van der Waals surface area contributed by atoms with Gasteiger partial charge in [0.25, 0.3) is 5.91 Å². The molecule has 0 unspecified atom stereocenters. The Hall–Kier alpha value is -4.06. The van der Waals surface area contributed by atoms with Crippen LogP contribution in [0.3, 0.4) is 0 Å². The van der Waals surface area contributed by atoms with Crippen LogP contribution < -0.4 is 16.4 Å². The zero-order valence-corrected chi connectivity index (χ0v) is 24.0. The van der Waals surface area contributed by atoms with E-state index in [4.69, 9.17) is 22.6 Å². The highest BCUT2D eigenvalue weighted by atomic mass is 35.5. The van der Waals surface area contributed by atoms with Gasteiger partial charge in [0.05, 0.1) is 29.1 Å². The number of carbonyl (C=O) groups is 2. The van der Waals surface area contributed by atoms with Gasteiger partial charge >= 0.3 is 12.4 Å². The third-order valence-electron chi connectivity index (χ3n) is 6.50. The zero-order chi connectivity index (χ0) is 32.3. The number of pyridine rings is 1. The minimum Gasteiger partial charge on any atom is -0.394 e. The van der Waals surface area contributed by atoms with Crippen LogP contribution in [0.5, 0.6) is 0 Å². The molecule has 1 aromatic heterocycles. The number of anilines is 1. The van der Waals surface area contributed by atoms with Crippen LogP contribution in [0.4, 0.5) is 32.0 Å². The summed E-state index contributed by atoms with van der Waals surface area (Å²) >= 11 is 6.07. The number of rotatable bonds is 7. The van der Waals surface area contributed by atoms with Gasteiger partial charge in [-0.3, -0.25) is 14.6 Å². The third-order valence-corrected chi connectivity index (χ3v) is 6.74. The largest absolute Gasteiger partial charge is 0.433 e. The van der Waals surface area contributed by atoms with Gasteiger partial charge in [0, 0.05) is 54.4 Å². The first-order chi connectivity index (χ1) is 19.8. The Labute approximate surface area is 247 Å². The molecule has 2 atom stereocenters. The molecule has 0 bridgehead atoms. The number of hydrogen-bond acceptors (Lipinski definition) is 7. The van der Waals surface area contributed by atoms with E-state index in [2.05, 4.69) is 20.6 Å². The SMILES string of the molecule is CC(=O)N1C[C@@H](NC(=O)/C(C=NCC(C)(C)C#N)=C(/N)C(F)(F)F)C[C@@H](Nc2cc(C(F)(F)F)nc3ccc(Cl)cc23)C1. The molecule has 0 spiro atoms. The van der Waals surface area contributed by atoms with E-state index in [1.165, 1.54) is 43.9 Å². The van der Waals surface area contributed by atoms with Crippen molar-refractivity contribution >= 4 is 46.2 Å². The summed E-state index contributed by atoms with van der Waals surface area (Å²) in [7, 11) is 0. The van der Waals surface area contributed by atoms with Crippen molar-refractivity contribution in [1.82, 2.24) is 15.2 Å². The average molecular weight is 632 g/mol. The molecule has 1 fully saturated rings. The van der Waals surface area contributed by atoms with Gasteiger partial charge in [0.2, 0.25) is 5.91 Å². The highest BCUT2D eigenvalue weighted by molar-refractivity contribution is 6.31. The van der Waals surface area contributed by atoms with Crippen LogP contribution in [-0.2, 0) is 15.8 Å². The number of piperidine rings is 1. The smallest absolute Gasteiger partial charge is 0.394 e. The Bertz CT molecular complexity index is 1500. The van der Waals surface area contributed by atoms with E-state index in [0.717, 1.165) is 6.07 Å². The van der Waals surface area contributed by atoms with E-state index in [9.17, 15) is 35.9 Å². The summed E-state index contributed by atoms with van der Waals surface area (Å²) in [6, 6.07) is 5.18. The van der Waals surface area contributed by atoms with Crippen LogP contribution in [0.25, 0.3) is 10.9 Å². The first kappa shape index (κ1) is 33.4. The van der Waals surface area contributed by atoms with Crippen LogP contribution in [0.1, 0.15) is 32.9 Å². The maximum Gasteiger partial charge on any atom is 0.433 e. The average Bonchev–Trinajstić information content (AvgIpc) is 2.89. The maximum atomic E-state index is 13.6. The summed E-state index contributed by atoms with van der Waals surface area (Å²) < 4.78 is 81.2. The Morgan fingerprint density at radius 2 is 1.84 bits per heavy atom. The second-order valence-corrected chi connectivity index (χ2v) is 11.1. The minimum absolute atomic E-state index is 0.00192. The summed E-state index contributed by atoms with van der Waals surface area (Å²) in [6.07, 6.45) is -9.20. The fraction of sp³-hybridized carbons (Fsp3) is 0.444. The first-order valence-electron chi connectivity index (χ1n) is 12.8. The Kier molecular flexibility index (Phi) is 9.85. The van der Waals surface area contributed by atoms with Crippen LogP contribution >= 0.6 is 11.6 Å². The number of allylic oxidation sites excluding steroid dienone is 1. The standard InChI is InChI=1S/C27H28ClF6N7O2/c1-14(42)41-10-16(38-21-8-22(26(29,30)31)40-20-5-4-15(28)6-18(20)21)7-17(11-41)39-24(43)19(23(36)27(32,33)34)9-37-13-25(2,3)12-35/h4-6,8-9,16-17H,7,10-11,13,36H2,1-3H3,(H,38,40)(H,39,43)/b23-19+,37-9?/t16-,17+/m1/s1. The monoisotopic (exact) mass is 631 g/mol. The number of likely N-dealkylation sites (tertiary alicyclic amines) is 1. The zero-order valence-electron chi connectivity index (χ0n) is 23.2. The van der Waals surface area contributed by atoms with E-state index in [1.807, 2.05) is 6.07 Å². The van der Waals surface area contributed by atoms with Gasteiger partial charge < -0.3 is 21.3 Å². The van der Waals surface area contributed by atoms with Gasteiger partial charge in [0.15, 0.2) is 0 Å². The molecule has 2 aromatic rings. The van der Waals surface area contributed by atoms with E-state index < -0.39 is 58.6 Å². The lowest BCUT2D eigenvalue weighted by Crippen LogP contribution is -2.56. The van der Waals surface area contributed by atoms with Gasteiger partial charge in [-0.2, -0.15) is 31.6 Å². The van der Waals surface area contributed by atoms with Gasteiger partial charge in [-0.15, -0.1) is 0 Å². The molecule has 0 radical (unpaired) electrons. The predicted octanol–water partition coefficient (Wildman–Crippen LogP) is 4.82. The molecule has 2 heterocycles. The third kappa shape index (κ3) is 8.73. The number of alkyl halides is 6. The molecule has 9 nitrogen and oxygen atoms in total. The number of nitrogens with two attached hydrogens (primary N) is 1. The summed E-state index contributed by atoms with van der Waals surface area (Å²) in [6.45, 7) is 3.96. The maximum absolute atomic E-state index is 13.6. The molecule has 0 saturated carbocycles. The quantitative estimate of drug-likeness (QED) is 0.228. The number of hydrogen-bond donors (Lipinski definition) is 3. The molecular weight excluding hydrogens is 604 g/mol. The molecule has 1 aliphatic heterocycles. The summed E-state index contributed by atoms with van der Waals surface area (Å²) in [5.74, 6) is -1.67. The fourth-order valence-corrected chi connectivity index (χ4v) is 4.49. The Morgan fingerprint density at radius 3 is 2.42 bits per heavy atom. The Morgan fingerprint density at radius 1 is 1.19 bits per heavy atom. The van der Waals surface area contributed by atoms with Gasteiger partial charge in [-0.25, -0.2) is 4.98 Å². The van der Waals surface area contributed by atoms with Gasteiger partial charge in [-0.1, -0.05) is 11.6 Å². The topological polar surface area (TPSA) is 136 Å². The van der Waals surface area contributed by atoms with E-state index in [-0.39, 0.29) is 47.7 Å². The lowest BCUT2D eigenvalue weighted by Gasteiger charge is -2.38. The number of aliphatic imine (C=N–C) groups is 1. The molecule has 1 aliphatic rings. The second kappa shape index (κ2) is 12.7. The number of nitrogens with zero attached hydrogens (tertiary/aromatic N) is 4. The molecule has 16 heteroatoms. The molecular formula is C27H28ClF6N7O2. The van der Waals surface area contributed by atoms with Crippen molar-refractivity contribution < 1.29 is 35.9 Å². The van der Waals surface area contributed by atoms with Crippen molar-refractivity contribution in [2.75, 3.05) is 25.0 Å². The van der Waals surface area contributed by atoms with Gasteiger partial charge in [0.1, 0.15) is 11.4 Å². The molecule has 1 saturated heterocycles. The number of amides is 2. The normalized spacial score (nSPS) is 18.8. The molecule has 232 valence electrons. The van der Waals surface area contributed by atoms with E-state index >= 15 is 0 Å². The van der Waals surface area contributed by atoms with E-state index in [0.29, 0.717) is 6.21 Å².